The molecule has 0 bridgehead atoms. The van der Waals surface area contributed by atoms with Gasteiger partial charge >= 0.3 is 0 Å². The highest BCUT2D eigenvalue weighted by Gasteiger charge is 2.08. The lowest BCUT2D eigenvalue weighted by Crippen LogP contribution is -2.02. The normalized spacial score (nSPS) is 12.4. The van der Waals surface area contributed by atoms with Gasteiger partial charge in [-0.1, -0.05) is 32.0 Å². The number of rotatable bonds is 7. The predicted octanol–water partition coefficient (Wildman–Crippen LogP) is 4.29. The molecule has 0 aliphatic heterocycles. The fourth-order valence-electron chi connectivity index (χ4n) is 1.64. The Balaban J connectivity index is 2.57. The number of ether oxygens (including phenoxy) is 1. The Hall–Kier alpha value is -0.630. The van der Waals surface area contributed by atoms with E-state index in [0.29, 0.717) is 5.92 Å². The molecule has 90 valence electrons. The van der Waals surface area contributed by atoms with Crippen LogP contribution in [0.5, 0.6) is 5.75 Å². The van der Waals surface area contributed by atoms with E-state index < -0.39 is 0 Å². The fourth-order valence-corrected chi connectivity index (χ4v) is 1.86. The van der Waals surface area contributed by atoms with Gasteiger partial charge in [0.15, 0.2) is 0 Å². The standard InChI is InChI=1S/C14H22OS/c1-3-12(2)13-8-4-5-9-14(13)15-10-6-7-11-16/h4-5,8-9,12,16H,3,6-7,10-11H2,1-2H3. The van der Waals surface area contributed by atoms with Crippen molar-refractivity contribution in [3.05, 3.63) is 29.8 Å². The lowest BCUT2D eigenvalue weighted by atomic mass is 9.98. The molecule has 0 saturated heterocycles. The summed E-state index contributed by atoms with van der Waals surface area (Å²) in [5, 5.41) is 0. The van der Waals surface area contributed by atoms with Crippen LogP contribution in [0.3, 0.4) is 0 Å². The molecular formula is C14H22OS. The van der Waals surface area contributed by atoms with Gasteiger partial charge in [-0.25, -0.2) is 0 Å². The molecule has 1 atom stereocenters. The third-order valence-corrected chi connectivity index (χ3v) is 3.19. The predicted molar refractivity (Wildman–Crippen MR) is 73.7 cm³/mol. The van der Waals surface area contributed by atoms with Crippen molar-refractivity contribution < 1.29 is 4.74 Å². The zero-order valence-corrected chi connectivity index (χ0v) is 11.2. The molecule has 0 fully saturated rings. The third kappa shape index (κ3) is 4.09. The SMILES string of the molecule is CCC(C)c1ccccc1OCCCCS. The molecule has 0 N–H and O–H groups in total. The highest BCUT2D eigenvalue weighted by molar-refractivity contribution is 7.80. The summed E-state index contributed by atoms with van der Waals surface area (Å²) in [5.41, 5.74) is 1.33. The van der Waals surface area contributed by atoms with Crippen molar-refractivity contribution in [3.63, 3.8) is 0 Å². The van der Waals surface area contributed by atoms with Crippen LogP contribution in [0.4, 0.5) is 0 Å². The maximum absolute atomic E-state index is 5.83. The topological polar surface area (TPSA) is 9.23 Å². The van der Waals surface area contributed by atoms with Crippen molar-refractivity contribution in [2.75, 3.05) is 12.4 Å². The molecule has 0 radical (unpaired) electrons. The van der Waals surface area contributed by atoms with E-state index in [4.69, 9.17) is 4.74 Å². The van der Waals surface area contributed by atoms with Crippen molar-refractivity contribution in [1.82, 2.24) is 0 Å². The second kappa shape index (κ2) is 7.61. The number of hydrogen-bond donors (Lipinski definition) is 1. The molecule has 0 spiro atoms. The number of hydrogen-bond acceptors (Lipinski definition) is 2. The molecule has 0 saturated carbocycles. The first kappa shape index (κ1) is 13.4. The highest BCUT2D eigenvalue weighted by atomic mass is 32.1. The monoisotopic (exact) mass is 238 g/mol. The first-order valence-corrected chi connectivity index (χ1v) is 6.75. The number of thiol groups is 1. The van der Waals surface area contributed by atoms with Crippen molar-refractivity contribution in [1.29, 1.82) is 0 Å². The summed E-state index contributed by atoms with van der Waals surface area (Å²) in [4.78, 5) is 0. The molecule has 1 unspecified atom stereocenters. The Morgan fingerprint density at radius 1 is 1.25 bits per heavy atom. The van der Waals surface area contributed by atoms with Gasteiger partial charge in [-0.15, -0.1) is 0 Å². The van der Waals surface area contributed by atoms with E-state index in [2.05, 4.69) is 44.7 Å². The summed E-state index contributed by atoms with van der Waals surface area (Å²) < 4.78 is 5.83. The van der Waals surface area contributed by atoms with Gasteiger partial charge in [0, 0.05) is 0 Å². The number of unbranched alkanes of at least 4 members (excludes halogenated alkanes) is 1. The minimum atomic E-state index is 0.570. The maximum atomic E-state index is 5.83. The molecule has 1 nitrogen and oxygen atoms in total. The van der Waals surface area contributed by atoms with Crippen molar-refractivity contribution >= 4 is 12.6 Å². The molecule has 16 heavy (non-hydrogen) atoms. The van der Waals surface area contributed by atoms with Crippen LogP contribution in [-0.2, 0) is 0 Å². The van der Waals surface area contributed by atoms with Gasteiger partial charge < -0.3 is 4.74 Å². The van der Waals surface area contributed by atoms with Crippen LogP contribution in [0.2, 0.25) is 0 Å². The number of para-hydroxylation sites is 1. The van der Waals surface area contributed by atoms with E-state index in [1.165, 1.54) is 5.56 Å². The first-order valence-electron chi connectivity index (χ1n) is 6.12. The van der Waals surface area contributed by atoms with Crippen molar-refractivity contribution in [2.24, 2.45) is 0 Å². The van der Waals surface area contributed by atoms with Gasteiger partial charge in [-0.05, 0) is 42.6 Å². The van der Waals surface area contributed by atoms with Crippen molar-refractivity contribution in [3.8, 4) is 5.75 Å². The Morgan fingerprint density at radius 3 is 2.69 bits per heavy atom. The molecule has 2 heteroatoms. The lowest BCUT2D eigenvalue weighted by molar-refractivity contribution is 0.305. The molecule has 0 aromatic heterocycles. The van der Waals surface area contributed by atoms with E-state index in [9.17, 15) is 0 Å². The van der Waals surface area contributed by atoms with E-state index in [1.54, 1.807) is 0 Å². The average Bonchev–Trinajstić information content (AvgIpc) is 2.34. The summed E-state index contributed by atoms with van der Waals surface area (Å²) in [6, 6.07) is 8.37. The van der Waals surface area contributed by atoms with Crippen LogP contribution in [-0.4, -0.2) is 12.4 Å². The fraction of sp³-hybridized carbons (Fsp3) is 0.571. The largest absolute Gasteiger partial charge is 0.493 e. The molecule has 0 heterocycles. The van der Waals surface area contributed by atoms with Gasteiger partial charge in [-0.3, -0.25) is 0 Å². The van der Waals surface area contributed by atoms with Gasteiger partial charge in [0.05, 0.1) is 6.61 Å². The summed E-state index contributed by atoms with van der Waals surface area (Å²) in [6.07, 6.45) is 3.35. The van der Waals surface area contributed by atoms with Crippen LogP contribution < -0.4 is 4.74 Å². The van der Waals surface area contributed by atoms with Crippen LogP contribution in [0.1, 0.15) is 44.6 Å². The minimum Gasteiger partial charge on any atom is -0.493 e. The quantitative estimate of drug-likeness (QED) is 0.551. The van der Waals surface area contributed by atoms with Crippen molar-refractivity contribution in [2.45, 2.75) is 39.0 Å². The zero-order valence-electron chi connectivity index (χ0n) is 10.3. The molecule has 1 aromatic carbocycles. The van der Waals surface area contributed by atoms with E-state index in [-0.39, 0.29) is 0 Å². The molecule has 1 rings (SSSR count). The van der Waals surface area contributed by atoms with Crippen LogP contribution >= 0.6 is 12.6 Å². The Bertz CT molecular complexity index is 299. The third-order valence-electron chi connectivity index (χ3n) is 2.87. The Kier molecular flexibility index (Phi) is 6.39. The van der Waals surface area contributed by atoms with E-state index in [1.807, 2.05) is 6.07 Å². The summed E-state index contributed by atoms with van der Waals surface area (Å²) in [7, 11) is 0. The zero-order chi connectivity index (χ0) is 11.8. The molecule has 0 aliphatic rings. The average molecular weight is 238 g/mol. The van der Waals surface area contributed by atoms with Crippen LogP contribution in [0.15, 0.2) is 24.3 Å². The minimum absolute atomic E-state index is 0.570. The van der Waals surface area contributed by atoms with Gasteiger partial charge in [-0.2, -0.15) is 12.6 Å². The molecule has 1 aromatic rings. The summed E-state index contributed by atoms with van der Waals surface area (Å²) in [6.45, 7) is 5.26. The molecular weight excluding hydrogens is 216 g/mol. The second-order valence-corrected chi connectivity index (χ2v) is 4.57. The smallest absolute Gasteiger partial charge is 0.122 e. The van der Waals surface area contributed by atoms with E-state index in [0.717, 1.165) is 37.4 Å². The Labute approximate surface area is 105 Å². The van der Waals surface area contributed by atoms with Crippen LogP contribution in [0, 0.1) is 0 Å². The lowest BCUT2D eigenvalue weighted by Gasteiger charge is -2.15. The molecule has 0 amide bonds. The van der Waals surface area contributed by atoms with Gasteiger partial charge in [0.2, 0.25) is 0 Å². The second-order valence-electron chi connectivity index (χ2n) is 4.13. The molecule has 0 aliphatic carbocycles. The first-order chi connectivity index (χ1) is 7.79. The van der Waals surface area contributed by atoms with Crippen LogP contribution in [0.25, 0.3) is 0 Å². The van der Waals surface area contributed by atoms with Gasteiger partial charge in [0.1, 0.15) is 5.75 Å². The van der Waals surface area contributed by atoms with E-state index >= 15 is 0 Å². The van der Waals surface area contributed by atoms with Gasteiger partial charge in [0.25, 0.3) is 0 Å². The summed E-state index contributed by atoms with van der Waals surface area (Å²) in [5.74, 6) is 2.56. The maximum Gasteiger partial charge on any atom is 0.122 e. The Morgan fingerprint density at radius 2 is 2.00 bits per heavy atom. The highest BCUT2D eigenvalue weighted by Crippen LogP contribution is 2.28. The number of benzene rings is 1. The summed E-state index contributed by atoms with van der Waals surface area (Å²) >= 11 is 4.19.